The molecule has 0 amide bonds. The Labute approximate surface area is 185 Å². The quantitative estimate of drug-likeness (QED) is 0.422. The monoisotopic (exact) mass is 425 g/mol. The molecule has 0 radical (unpaired) electrons. The van der Waals surface area contributed by atoms with E-state index in [0.717, 1.165) is 22.3 Å². The van der Waals surface area contributed by atoms with Crippen molar-refractivity contribution in [2.45, 2.75) is 26.4 Å². The number of benzene rings is 1. The Hall–Kier alpha value is -4.27. The molecule has 32 heavy (non-hydrogen) atoms. The van der Waals surface area contributed by atoms with Gasteiger partial charge in [0.2, 0.25) is 5.95 Å². The molecule has 5 aromatic rings. The SMILES string of the molecule is CC(C)n1cnc2cnc(Nc3nc(N)ncc3-c3ccn(Cc4ccccc4)n3)cc21. The number of aromatic nitrogens is 7. The minimum Gasteiger partial charge on any atom is -0.368 e. The van der Waals surface area contributed by atoms with E-state index in [2.05, 4.69) is 55.8 Å². The summed E-state index contributed by atoms with van der Waals surface area (Å²) in [6.45, 7) is 4.91. The molecule has 4 heterocycles. The topological polar surface area (TPSA) is 112 Å². The first-order valence-corrected chi connectivity index (χ1v) is 10.4. The summed E-state index contributed by atoms with van der Waals surface area (Å²) in [5.74, 6) is 1.36. The lowest BCUT2D eigenvalue weighted by Gasteiger charge is -2.11. The van der Waals surface area contributed by atoms with E-state index in [9.17, 15) is 0 Å². The standard InChI is InChI=1S/C23H23N9/c1-15(2)32-14-27-19-12-25-21(10-20(19)32)28-22-17(11-26-23(24)29-22)18-8-9-31(30-18)13-16-6-4-3-5-7-16/h3-12,14-15H,13H2,1-2H3,(H3,24,25,26,28,29). The van der Waals surface area contributed by atoms with E-state index in [1.807, 2.05) is 47.5 Å². The lowest BCUT2D eigenvalue weighted by atomic mass is 10.2. The molecule has 9 heteroatoms. The number of imidazole rings is 1. The van der Waals surface area contributed by atoms with Crippen LogP contribution in [0.2, 0.25) is 0 Å². The van der Waals surface area contributed by atoms with Gasteiger partial charge in [-0.05, 0) is 25.5 Å². The fourth-order valence-electron chi connectivity index (χ4n) is 3.57. The first-order valence-electron chi connectivity index (χ1n) is 10.4. The summed E-state index contributed by atoms with van der Waals surface area (Å²) in [5.41, 5.74) is 10.4. The highest BCUT2D eigenvalue weighted by molar-refractivity contribution is 5.81. The molecule has 0 atom stereocenters. The van der Waals surface area contributed by atoms with Gasteiger partial charge in [0, 0.05) is 24.5 Å². The van der Waals surface area contributed by atoms with Crippen molar-refractivity contribution in [2.24, 2.45) is 0 Å². The molecule has 0 unspecified atom stereocenters. The summed E-state index contributed by atoms with van der Waals surface area (Å²) in [5, 5.41) is 7.99. The van der Waals surface area contributed by atoms with Gasteiger partial charge in [-0.3, -0.25) is 4.68 Å². The van der Waals surface area contributed by atoms with Crippen LogP contribution in [0.25, 0.3) is 22.3 Å². The van der Waals surface area contributed by atoms with Gasteiger partial charge >= 0.3 is 0 Å². The lowest BCUT2D eigenvalue weighted by Crippen LogP contribution is -2.05. The molecule has 0 aliphatic rings. The predicted molar refractivity (Wildman–Crippen MR) is 124 cm³/mol. The van der Waals surface area contributed by atoms with Crippen molar-refractivity contribution >= 4 is 28.6 Å². The first-order chi connectivity index (χ1) is 15.6. The van der Waals surface area contributed by atoms with E-state index < -0.39 is 0 Å². The van der Waals surface area contributed by atoms with Gasteiger partial charge in [0.05, 0.1) is 35.8 Å². The molecule has 0 bridgehead atoms. The number of anilines is 3. The van der Waals surface area contributed by atoms with Gasteiger partial charge in [-0.15, -0.1) is 0 Å². The number of hydrogen-bond donors (Lipinski definition) is 2. The van der Waals surface area contributed by atoms with Crippen molar-refractivity contribution in [3.05, 3.63) is 72.9 Å². The third-order valence-electron chi connectivity index (χ3n) is 5.18. The molecule has 0 saturated carbocycles. The number of nitrogens with two attached hydrogens (primary N) is 1. The average Bonchev–Trinajstić information content (AvgIpc) is 3.41. The fourth-order valence-corrected chi connectivity index (χ4v) is 3.57. The van der Waals surface area contributed by atoms with E-state index >= 15 is 0 Å². The van der Waals surface area contributed by atoms with Crippen LogP contribution in [0.1, 0.15) is 25.5 Å². The van der Waals surface area contributed by atoms with Gasteiger partial charge < -0.3 is 15.6 Å². The number of pyridine rings is 1. The Morgan fingerprint density at radius 2 is 1.88 bits per heavy atom. The zero-order valence-electron chi connectivity index (χ0n) is 17.8. The van der Waals surface area contributed by atoms with Crippen LogP contribution in [0, 0.1) is 0 Å². The minimum atomic E-state index is 0.174. The van der Waals surface area contributed by atoms with Gasteiger partial charge in [-0.1, -0.05) is 30.3 Å². The fraction of sp³-hybridized carbons (Fsp3) is 0.174. The molecule has 160 valence electrons. The Balaban J connectivity index is 1.47. The summed E-state index contributed by atoms with van der Waals surface area (Å²) in [6, 6.07) is 14.4. The molecule has 0 aliphatic heterocycles. The highest BCUT2D eigenvalue weighted by atomic mass is 15.3. The predicted octanol–water partition coefficient (Wildman–Crippen LogP) is 4.04. The number of fused-ring (bicyclic) bond motifs is 1. The molecule has 0 fully saturated rings. The summed E-state index contributed by atoms with van der Waals surface area (Å²) in [4.78, 5) is 17.5. The van der Waals surface area contributed by atoms with Gasteiger partial charge in [0.25, 0.3) is 0 Å². The molecule has 3 N–H and O–H groups in total. The smallest absolute Gasteiger partial charge is 0.221 e. The number of nitrogen functional groups attached to an aromatic ring is 1. The molecule has 5 rings (SSSR count). The molecule has 4 aromatic heterocycles. The molecule has 0 saturated heterocycles. The third-order valence-corrected chi connectivity index (χ3v) is 5.18. The Kier molecular flexibility index (Phi) is 4.98. The average molecular weight is 426 g/mol. The largest absolute Gasteiger partial charge is 0.368 e. The maximum Gasteiger partial charge on any atom is 0.221 e. The van der Waals surface area contributed by atoms with E-state index in [1.165, 1.54) is 5.56 Å². The second kappa shape index (κ2) is 8.10. The second-order valence-corrected chi connectivity index (χ2v) is 7.80. The summed E-state index contributed by atoms with van der Waals surface area (Å²) < 4.78 is 3.99. The van der Waals surface area contributed by atoms with Gasteiger partial charge in [-0.2, -0.15) is 10.1 Å². The number of nitrogens with zero attached hydrogens (tertiary/aromatic N) is 7. The number of nitrogens with one attached hydrogen (secondary N) is 1. The highest BCUT2D eigenvalue weighted by Gasteiger charge is 2.14. The Morgan fingerprint density at radius 1 is 1.03 bits per heavy atom. The van der Waals surface area contributed by atoms with Crippen molar-refractivity contribution < 1.29 is 0 Å². The van der Waals surface area contributed by atoms with Crippen LogP contribution < -0.4 is 11.1 Å². The normalized spacial score (nSPS) is 11.3. The molecule has 1 aromatic carbocycles. The van der Waals surface area contributed by atoms with Gasteiger partial charge in [0.1, 0.15) is 17.2 Å². The molecule has 0 aliphatic carbocycles. The van der Waals surface area contributed by atoms with E-state index in [4.69, 9.17) is 10.8 Å². The van der Waals surface area contributed by atoms with Gasteiger partial charge in [-0.25, -0.2) is 15.0 Å². The lowest BCUT2D eigenvalue weighted by molar-refractivity contribution is 0.617. The molecular weight excluding hydrogens is 402 g/mol. The van der Waals surface area contributed by atoms with Crippen LogP contribution in [0.4, 0.5) is 17.6 Å². The van der Waals surface area contributed by atoms with Gasteiger partial charge in [0.15, 0.2) is 0 Å². The molecule has 0 spiro atoms. The van der Waals surface area contributed by atoms with Crippen LogP contribution >= 0.6 is 0 Å². The zero-order valence-corrected chi connectivity index (χ0v) is 17.8. The van der Waals surface area contributed by atoms with Crippen LogP contribution in [-0.4, -0.2) is 34.3 Å². The first kappa shape index (κ1) is 19.7. The van der Waals surface area contributed by atoms with Crippen molar-refractivity contribution in [3.8, 4) is 11.3 Å². The summed E-state index contributed by atoms with van der Waals surface area (Å²) in [7, 11) is 0. The van der Waals surface area contributed by atoms with E-state index in [1.54, 1.807) is 12.4 Å². The zero-order chi connectivity index (χ0) is 22.1. The van der Waals surface area contributed by atoms with Crippen molar-refractivity contribution in [2.75, 3.05) is 11.1 Å². The minimum absolute atomic E-state index is 0.174. The van der Waals surface area contributed by atoms with Crippen LogP contribution in [0.3, 0.4) is 0 Å². The molecular formula is C23H23N9. The van der Waals surface area contributed by atoms with Crippen LogP contribution in [0.15, 0.2) is 67.4 Å². The van der Waals surface area contributed by atoms with Crippen molar-refractivity contribution in [1.82, 2.24) is 34.3 Å². The maximum atomic E-state index is 5.88. The number of hydrogen-bond acceptors (Lipinski definition) is 7. The molecule has 9 nitrogen and oxygen atoms in total. The highest BCUT2D eigenvalue weighted by Crippen LogP contribution is 2.28. The van der Waals surface area contributed by atoms with Crippen LogP contribution in [-0.2, 0) is 6.54 Å². The summed E-state index contributed by atoms with van der Waals surface area (Å²) >= 11 is 0. The van der Waals surface area contributed by atoms with Crippen molar-refractivity contribution in [1.29, 1.82) is 0 Å². The van der Waals surface area contributed by atoms with Crippen LogP contribution in [0.5, 0.6) is 0 Å². The summed E-state index contributed by atoms with van der Waals surface area (Å²) in [6.07, 6.45) is 7.19. The third kappa shape index (κ3) is 3.87. The van der Waals surface area contributed by atoms with Crippen molar-refractivity contribution in [3.63, 3.8) is 0 Å². The number of rotatable bonds is 6. The Bertz CT molecular complexity index is 1370. The Morgan fingerprint density at radius 3 is 2.69 bits per heavy atom. The van der Waals surface area contributed by atoms with E-state index in [-0.39, 0.29) is 12.0 Å². The second-order valence-electron chi connectivity index (χ2n) is 7.80. The van der Waals surface area contributed by atoms with E-state index in [0.29, 0.717) is 18.2 Å². The maximum absolute atomic E-state index is 5.88.